The van der Waals surface area contributed by atoms with E-state index in [1.165, 1.54) is 17.0 Å². The smallest absolute Gasteiger partial charge is 0.279 e. The van der Waals surface area contributed by atoms with Crippen molar-refractivity contribution in [1.29, 1.82) is 0 Å². The molecule has 1 saturated carbocycles. The van der Waals surface area contributed by atoms with Gasteiger partial charge in [-0.2, -0.15) is 0 Å². The summed E-state index contributed by atoms with van der Waals surface area (Å²) in [6, 6.07) is 12.9. The van der Waals surface area contributed by atoms with Gasteiger partial charge in [-0.15, -0.1) is 0 Å². The van der Waals surface area contributed by atoms with Gasteiger partial charge in [0.15, 0.2) is 6.54 Å². The van der Waals surface area contributed by atoms with E-state index in [-0.39, 0.29) is 11.6 Å². The number of ether oxygens (including phenoxy) is 1. The summed E-state index contributed by atoms with van der Waals surface area (Å²) < 4.78 is 5.19. The van der Waals surface area contributed by atoms with Crippen molar-refractivity contribution < 1.29 is 19.4 Å². The third-order valence-electron chi connectivity index (χ3n) is 4.83. The number of amides is 1. The predicted octanol–water partition coefficient (Wildman–Crippen LogP) is 2.10. The Hall–Kier alpha value is -2.93. The van der Waals surface area contributed by atoms with Crippen molar-refractivity contribution in [3.8, 4) is 5.75 Å². The molecule has 0 radical (unpaired) electrons. The molecule has 1 aliphatic carbocycles. The van der Waals surface area contributed by atoms with Crippen LogP contribution in [0.4, 0.5) is 11.4 Å². The number of nitro groups is 1. The number of nitrogens with one attached hydrogen (secondary N) is 2. The Morgan fingerprint density at radius 2 is 1.96 bits per heavy atom. The molecule has 1 unspecified atom stereocenters. The lowest BCUT2D eigenvalue weighted by Gasteiger charge is -2.19. The first-order valence-electron chi connectivity index (χ1n) is 8.98. The van der Waals surface area contributed by atoms with Gasteiger partial charge in [0.25, 0.3) is 11.6 Å². The van der Waals surface area contributed by atoms with Crippen molar-refractivity contribution in [3.05, 3.63) is 63.7 Å². The summed E-state index contributed by atoms with van der Waals surface area (Å²) in [7, 11) is 1.64. The number of hydrogen-bond donors (Lipinski definition) is 2. The van der Waals surface area contributed by atoms with Crippen LogP contribution >= 0.6 is 0 Å². The summed E-state index contributed by atoms with van der Waals surface area (Å²) in [5, 5.41) is 13.7. The van der Waals surface area contributed by atoms with E-state index in [1.807, 2.05) is 24.3 Å². The molecule has 1 fully saturated rings. The van der Waals surface area contributed by atoms with E-state index >= 15 is 0 Å². The highest BCUT2D eigenvalue weighted by Gasteiger charge is 2.34. The Balaban J connectivity index is 1.62. The lowest BCUT2D eigenvalue weighted by molar-refractivity contribution is -0.916. The first kappa shape index (κ1) is 18.8. The van der Waals surface area contributed by atoms with Crippen LogP contribution in [0.1, 0.15) is 24.0 Å². The minimum atomic E-state index is -0.438. The Labute approximate surface area is 158 Å². The molecule has 1 aliphatic rings. The summed E-state index contributed by atoms with van der Waals surface area (Å²) in [4.78, 5) is 24.2. The molecule has 0 spiro atoms. The molecule has 0 aliphatic heterocycles. The minimum absolute atomic E-state index is 0.0234. The van der Waals surface area contributed by atoms with E-state index < -0.39 is 4.92 Å². The Morgan fingerprint density at radius 3 is 2.52 bits per heavy atom. The number of aryl methyl sites for hydroxylation is 1. The molecule has 0 heterocycles. The van der Waals surface area contributed by atoms with Gasteiger partial charge in [-0.05, 0) is 42.8 Å². The summed E-state index contributed by atoms with van der Waals surface area (Å²) in [6.07, 6.45) is 2.27. The zero-order chi connectivity index (χ0) is 19.4. The zero-order valence-electron chi connectivity index (χ0n) is 15.5. The summed E-state index contributed by atoms with van der Waals surface area (Å²) in [6.45, 7) is 2.90. The molecular formula is C20H24N3O4+. The van der Waals surface area contributed by atoms with Gasteiger partial charge in [0.05, 0.1) is 18.1 Å². The number of carbonyl (C=O) groups excluding carboxylic acids is 1. The van der Waals surface area contributed by atoms with Crippen LogP contribution in [0.3, 0.4) is 0 Å². The number of nitro benzene ring substituents is 1. The number of methoxy groups -OCH3 is 1. The van der Waals surface area contributed by atoms with E-state index in [4.69, 9.17) is 4.74 Å². The molecule has 142 valence electrons. The topological polar surface area (TPSA) is 85.9 Å². The minimum Gasteiger partial charge on any atom is -0.497 e. The van der Waals surface area contributed by atoms with Gasteiger partial charge >= 0.3 is 0 Å². The molecule has 1 atom stereocenters. The van der Waals surface area contributed by atoms with Crippen molar-refractivity contribution in [1.82, 2.24) is 0 Å². The highest BCUT2D eigenvalue weighted by molar-refractivity contribution is 5.92. The Morgan fingerprint density at radius 1 is 1.26 bits per heavy atom. The van der Waals surface area contributed by atoms with Gasteiger partial charge < -0.3 is 15.0 Å². The second-order valence-electron chi connectivity index (χ2n) is 6.94. The lowest BCUT2D eigenvalue weighted by atomic mass is 10.1. The third-order valence-corrected chi connectivity index (χ3v) is 4.83. The molecule has 2 aromatic rings. The van der Waals surface area contributed by atoms with Crippen molar-refractivity contribution in [3.63, 3.8) is 0 Å². The number of anilines is 1. The van der Waals surface area contributed by atoms with Gasteiger partial charge in [0.2, 0.25) is 0 Å². The molecule has 7 nitrogen and oxygen atoms in total. The highest BCUT2D eigenvalue weighted by Crippen LogP contribution is 2.21. The van der Waals surface area contributed by atoms with Crippen molar-refractivity contribution in [2.45, 2.75) is 32.4 Å². The molecule has 0 bridgehead atoms. The van der Waals surface area contributed by atoms with E-state index in [0.29, 0.717) is 23.8 Å². The van der Waals surface area contributed by atoms with Gasteiger partial charge in [-0.1, -0.05) is 0 Å². The fourth-order valence-electron chi connectivity index (χ4n) is 3.15. The van der Waals surface area contributed by atoms with Crippen LogP contribution in [0.25, 0.3) is 0 Å². The molecule has 27 heavy (non-hydrogen) atoms. The third kappa shape index (κ3) is 5.04. The predicted molar refractivity (Wildman–Crippen MR) is 102 cm³/mol. The largest absolute Gasteiger partial charge is 0.497 e. The molecule has 2 N–H and O–H groups in total. The maximum atomic E-state index is 12.5. The number of benzene rings is 2. The second kappa shape index (κ2) is 8.18. The van der Waals surface area contributed by atoms with E-state index in [1.54, 1.807) is 20.1 Å². The molecule has 3 rings (SSSR count). The second-order valence-corrected chi connectivity index (χ2v) is 6.94. The van der Waals surface area contributed by atoms with Crippen molar-refractivity contribution in [2.24, 2.45) is 0 Å². The Bertz CT molecular complexity index is 832. The van der Waals surface area contributed by atoms with Crippen molar-refractivity contribution >= 4 is 17.3 Å². The SMILES string of the molecule is COc1ccc(C[NH+](CC(=O)Nc2ccc([N+](=O)[O-])cc2C)C2CC2)cc1. The van der Waals surface area contributed by atoms with E-state index in [2.05, 4.69) is 5.32 Å². The molecule has 1 amide bonds. The van der Waals surface area contributed by atoms with Crippen LogP contribution in [0.2, 0.25) is 0 Å². The van der Waals surface area contributed by atoms with Crippen LogP contribution in [-0.4, -0.2) is 30.5 Å². The number of nitrogens with zero attached hydrogens (tertiary/aromatic N) is 1. The highest BCUT2D eigenvalue weighted by atomic mass is 16.6. The lowest BCUT2D eigenvalue weighted by Crippen LogP contribution is -3.13. The molecular weight excluding hydrogens is 346 g/mol. The van der Waals surface area contributed by atoms with Crippen LogP contribution in [0.5, 0.6) is 5.75 Å². The summed E-state index contributed by atoms with van der Waals surface area (Å²) in [5.74, 6) is 0.737. The van der Waals surface area contributed by atoms with Crippen LogP contribution in [-0.2, 0) is 11.3 Å². The van der Waals surface area contributed by atoms with Crippen LogP contribution in [0, 0.1) is 17.0 Å². The molecule has 0 aromatic heterocycles. The van der Waals surface area contributed by atoms with Crippen LogP contribution < -0.4 is 15.0 Å². The average Bonchev–Trinajstić information content (AvgIpc) is 3.48. The standard InChI is InChI=1S/C20H23N3O4/c1-14-11-17(23(25)26)7-10-19(14)21-20(24)13-22(16-5-6-16)12-15-3-8-18(27-2)9-4-15/h3-4,7-11,16H,5-6,12-13H2,1-2H3,(H,21,24)/p+1. The van der Waals surface area contributed by atoms with E-state index in [9.17, 15) is 14.9 Å². The first-order chi connectivity index (χ1) is 13.0. The molecule has 2 aromatic carbocycles. The number of carbonyl (C=O) groups is 1. The molecule has 7 heteroatoms. The van der Waals surface area contributed by atoms with Gasteiger partial charge in [0, 0.05) is 36.2 Å². The van der Waals surface area contributed by atoms with Gasteiger partial charge in [0.1, 0.15) is 12.3 Å². The number of quaternary nitrogens is 1. The Kier molecular flexibility index (Phi) is 5.71. The molecule has 0 saturated heterocycles. The van der Waals surface area contributed by atoms with Crippen LogP contribution in [0.15, 0.2) is 42.5 Å². The zero-order valence-corrected chi connectivity index (χ0v) is 15.5. The van der Waals surface area contributed by atoms with Crippen molar-refractivity contribution in [2.75, 3.05) is 19.0 Å². The number of hydrogen-bond acceptors (Lipinski definition) is 4. The maximum absolute atomic E-state index is 12.5. The number of rotatable bonds is 8. The first-order valence-corrected chi connectivity index (χ1v) is 8.98. The number of non-ortho nitro benzene ring substituents is 1. The van der Waals surface area contributed by atoms with E-state index in [0.717, 1.165) is 30.7 Å². The average molecular weight is 370 g/mol. The summed E-state index contributed by atoms with van der Waals surface area (Å²) >= 11 is 0. The monoisotopic (exact) mass is 370 g/mol. The quantitative estimate of drug-likeness (QED) is 0.550. The summed E-state index contributed by atoms with van der Waals surface area (Å²) in [5.41, 5.74) is 2.48. The fraction of sp³-hybridized carbons (Fsp3) is 0.350. The van der Waals surface area contributed by atoms with Gasteiger partial charge in [-0.25, -0.2) is 0 Å². The maximum Gasteiger partial charge on any atom is 0.279 e. The normalized spacial score (nSPS) is 14.4. The van der Waals surface area contributed by atoms with Gasteiger partial charge in [-0.3, -0.25) is 14.9 Å². The fourth-order valence-corrected chi connectivity index (χ4v) is 3.15.